The van der Waals surface area contributed by atoms with Gasteiger partial charge in [0.05, 0.1) is 17.6 Å². The fourth-order valence-corrected chi connectivity index (χ4v) is 5.09. The Morgan fingerprint density at radius 3 is 2.45 bits per heavy atom. The van der Waals surface area contributed by atoms with Gasteiger partial charge < -0.3 is 14.6 Å². The number of imidazole rings is 1. The molecule has 1 aliphatic heterocycles. The molecule has 0 bridgehead atoms. The van der Waals surface area contributed by atoms with Crippen LogP contribution in [0.5, 0.6) is 0 Å². The number of fused-ring (bicyclic) bond motifs is 1. The topological polar surface area (TPSA) is 83.5 Å². The molecule has 1 amide bonds. The molecule has 4 aromatic rings. The Kier molecular flexibility index (Phi) is 9.56. The van der Waals surface area contributed by atoms with Crippen LogP contribution in [0.4, 0.5) is 4.79 Å². The first kappa shape index (κ1) is 27.4. The second kappa shape index (κ2) is 13.3. The Morgan fingerprint density at radius 1 is 0.974 bits per heavy atom. The lowest BCUT2D eigenvalue weighted by molar-refractivity contribution is 0.0840. The quantitative estimate of drug-likeness (QED) is 0.304. The predicted molar refractivity (Wildman–Crippen MR) is 150 cm³/mol. The van der Waals surface area contributed by atoms with E-state index in [-0.39, 0.29) is 30.2 Å². The molecule has 5 rings (SSSR count). The van der Waals surface area contributed by atoms with Crippen LogP contribution in [0.15, 0.2) is 83.9 Å². The zero-order chi connectivity index (χ0) is 25.5. The zero-order valence-corrected chi connectivity index (χ0v) is 22.2. The number of halogens is 1. The molecule has 3 heterocycles. The van der Waals surface area contributed by atoms with Gasteiger partial charge in [-0.2, -0.15) is 0 Å². The maximum Gasteiger partial charge on any atom is 0.409 e. The lowest BCUT2D eigenvalue weighted by Crippen LogP contribution is -2.41. The average molecular weight is 536 g/mol. The molecule has 1 saturated heterocycles. The standard InChI is InChI=1S/C29H33N5O3.ClH/c35-28-31-26-11-4-5-12-27(26)34(28)25-13-17-33(18-14-25)29(36)37-19-7-16-32(21-23-8-2-1-3-9-23)22-24-10-6-15-30-20-24;/h1-6,8-12,15,20,25H,7,13-14,16-19,21-22H2,(H,31,35);1H. The van der Waals surface area contributed by atoms with Crippen molar-refractivity contribution in [2.24, 2.45) is 0 Å². The SMILES string of the molecule is Cl.O=C(OCCCN(Cc1ccccc1)Cc1cccnc1)N1CCC(n2c(=O)[nH]c3ccccc32)CC1. The van der Waals surface area contributed by atoms with Crippen molar-refractivity contribution >= 4 is 29.5 Å². The molecule has 0 aliphatic carbocycles. The van der Waals surface area contributed by atoms with E-state index in [1.54, 1.807) is 11.1 Å². The summed E-state index contributed by atoms with van der Waals surface area (Å²) in [6.45, 7) is 3.95. The highest BCUT2D eigenvalue weighted by Crippen LogP contribution is 2.25. The summed E-state index contributed by atoms with van der Waals surface area (Å²) in [6.07, 6.45) is 5.61. The number of carbonyl (C=O) groups is 1. The van der Waals surface area contributed by atoms with Crippen LogP contribution in [0.3, 0.4) is 0 Å². The van der Waals surface area contributed by atoms with E-state index in [9.17, 15) is 9.59 Å². The fraction of sp³-hybridized carbons (Fsp3) is 0.345. The van der Waals surface area contributed by atoms with E-state index in [4.69, 9.17) is 4.74 Å². The van der Waals surface area contributed by atoms with Crippen LogP contribution in [-0.2, 0) is 17.8 Å². The minimum atomic E-state index is -0.272. The van der Waals surface area contributed by atoms with Crippen molar-refractivity contribution in [1.29, 1.82) is 0 Å². The van der Waals surface area contributed by atoms with Crippen molar-refractivity contribution in [2.75, 3.05) is 26.2 Å². The van der Waals surface area contributed by atoms with Crippen LogP contribution < -0.4 is 5.69 Å². The van der Waals surface area contributed by atoms with Crippen molar-refractivity contribution < 1.29 is 9.53 Å². The van der Waals surface area contributed by atoms with Crippen LogP contribution >= 0.6 is 12.4 Å². The number of aromatic nitrogens is 3. The number of piperidine rings is 1. The van der Waals surface area contributed by atoms with Crippen molar-refractivity contribution in [1.82, 2.24) is 24.3 Å². The summed E-state index contributed by atoms with van der Waals surface area (Å²) in [5, 5.41) is 0. The molecule has 0 spiro atoms. The molecule has 2 aromatic carbocycles. The van der Waals surface area contributed by atoms with Gasteiger partial charge in [-0.25, -0.2) is 9.59 Å². The van der Waals surface area contributed by atoms with Crippen LogP contribution in [0, 0.1) is 0 Å². The lowest BCUT2D eigenvalue weighted by atomic mass is 10.0. The van der Waals surface area contributed by atoms with Gasteiger partial charge in [-0.05, 0) is 48.6 Å². The Bertz CT molecular complexity index is 1310. The first-order chi connectivity index (χ1) is 18.2. The molecule has 0 radical (unpaired) electrons. The Hall–Kier alpha value is -3.62. The first-order valence-corrected chi connectivity index (χ1v) is 12.9. The van der Waals surface area contributed by atoms with Crippen LogP contribution in [0.2, 0.25) is 0 Å². The number of aromatic amines is 1. The number of benzene rings is 2. The van der Waals surface area contributed by atoms with Crippen molar-refractivity contribution in [3.05, 3.63) is 101 Å². The maximum absolute atomic E-state index is 12.7. The number of pyridine rings is 1. The molecule has 2 aromatic heterocycles. The molecular weight excluding hydrogens is 502 g/mol. The van der Waals surface area contributed by atoms with Gasteiger partial charge >= 0.3 is 11.8 Å². The number of carbonyl (C=O) groups excluding carboxylic acids is 1. The number of para-hydroxylation sites is 2. The minimum Gasteiger partial charge on any atom is -0.449 e. The monoisotopic (exact) mass is 535 g/mol. The normalized spacial score (nSPS) is 14.0. The third kappa shape index (κ3) is 6.82. The number of H-pyrrole nitrogens is 1. The lowest BCUT2D eigenvalue weighted by Gasteiger charge is -2.32. The molecule has 1 fully saturated rings. The van der Waals surface area contributed by atoms with Gasteiger partial charge in [-0.1, -0.05) is 48.5 Å². The van der Waals surface area contributed by atoms with Crippen molar-refractivity contribution in [3.63, 3.8) is 0 Å². The fourth-order valence-electron chi connectivity index (χ4n) is 5.09. The number of rotatable bonds is 9. The van der Waals surface area contributed by atoms with E-state index < -0.39 is 0 Å². The summed E-state index contributed by atoms with van der Waals surface area (Å²) in [6, 6.07) is 22.2. The second-order valence-electron chi connectivity index (χ2n) is 9.56. The number of likely N-dealkylation sites (tertiary alicyclic amines) is 1. The van der Waals surface area contributed by atoms with Crippen LogP contribution in [0.1, 0.15) is 36.4 Å². The van der Waals surface area contributed by atoms with Gasteiger partial charge in [0.1, 0.15) is 0 Å². The van der Waals surface area contributed by atoms with Gasteiger partial charge in [-0.3, -0.25) is 14.5 Å². The smallest absolute Gasteiger partial charge is 0.409 e. The zero-order valence-electron chi connectivity index (χ0n) is 21.4. The number of nitrogens with zero attached hydrogens (tertiary/aromatic N) is 4. The highest BCUT2D eigenvalue weighted by Gasteiger charge is 2.26. The third-order valence-electron chi connectivity index (χ3n) is 6.93. The molecule has 38 heavy (non-hydrogen) atoms. The predicted octanol–water partition coefficient (Wildman–Crippen LogP) is 5.01. The van der Waals surface area contributed by atoms with E-state index >= 15 is 0 Å². The molecule has 0 saturated carbocycles. The molecule has 0 unspecified atom stereocenters. The van der Waals surface area contributed by atoms with Gasteiger partial charge in [-0.15, -0.1) is 12.4 Å². The minimum absolute atomic E-state index is 0. The number of nitrogens with one attached hydrogen (secondary N) is 1. The van der Waals surface area contributed by atoms with E-state index in [1.807, 2.05) is 47.2 Å². The molecule has 9 heteroatoms. The maximum atomic E-state index is 12.7. The summed E-state index contributed by atoms with van der Waals surface area (Å²) in [4.78, 5) is 36.5. The summed E-state index contributed by atoms with van der Waals surface area (Å²) < 4.78 is 7.46. The molecular formula is C29H34ClN5O3. The summed E-state index contributed by atoms with van der Waals surface area (Å²) in [5.74, 6) is 0. The average Bonchev–Trinajstić information content (AvgIpc) is 3.27. The second-order valence-corrected chi connectivity index (χ2v) is 9.56. The van der Waals surface area contributed by atoms with Crippen LogP contribution in [0.25, 0.3) is 11.0 Å². The molecule has 8 nitrogen and oxygen atoms in total. The molecule has 1 aliphatic rings. The van der Waals surface area contributed by atoms with E-state index in [2.05, 4.69) is 45.2 Å². The van der Waals surface area contributed by atoms with Gasteiger partial charge in [0.15, 0.2) is 0 Å². The number of hydrogen-bond donors (Lipinski definition) is 1. The summed E-state index contributed by atoms with van der Waals surface area (Å²) in [7, 11) is 0. The molecule has 1 N–H and O–H groups in total. The third-order valence-corrected chi connectivity index (χ3v) is 6.93. The van der Waals surface area contributed by atoms with E-state index in [0.29, 0.717) is 19.7 Å². The highest BCUT2D eigenvalue weighted by atomic mass is 35.5. The summed E-state index contributed by atoms with van der Waals surface area (Å²) in [5.41, 5.74) is 4.08. The van der Waals surface area contributed by atoms with Gasteiger partial charge in [0.2, 0.25) is 0 Å². The summed E-state index contributed by atoms with van der Waals surface area (Å²) >= 11 is 0. The Labute approximate surface area is 228 Å². The van der Waals surface area contributed by atoms with Crippen molar-refractivity contribution in [3.8, 4) is 0 Å². The Morgan fingerprint density at radius 2 is 1.68 bits per heavy atom. The first-order valence-electron chi connectivity index (χ1n) is 12.9. The van der Waals surface area contributed by atoms with Gasteiger partial charge in [0, 0.05) is 51.2 Å². The number of ether oxygens (including phenoxy) is 1. The highest BCUT2D eigenvalue weighted by molar-refractivity contribution is 5.85. The van der Waals surface area contributed by atoms with Crippen LogP contribution in [-0.4, -0.2) is 56.7 Å². The van der Waals surface area contributed by atoms with Crippen molar-refractivity contribution in [2.45, 2.75) is 38.4 Å². The van der Waals surface area contributed by atoms with Gasteiger partial charge in [0.25, 0.3) is 0 Å². The molecule has 0 atom stereocenters. The largest absolute Gasteiger partial charge is 0.449 e. The molecule has 200 valence electrons. The van der Waals surface area contributed by atoms with E-state index in [0.717, 1.165) is 55.5 Å². The number of hydrogen-bond acceptors (Lipinski definition) is 5. The van der Waals surface area contributed by atoms with E-state index in [1.165, 1.54) is 5.56 Å². The number of amides is 1. The Balaban J connectivity index is 0.00000336.